The van der Waals surface area contributed by atoms with Crippen LogP contribution in [0.15, 0.2) is 78.9 Å². The molecule has 0 radical (unpaired) electrons. The number of benzene rings is 3. The van der Waals surface area contributed by atoms with Crippen LogP contribution >= 0.6 is 0 Å². The van der Waals surface area contributed by atoms with Gasteiger partial charge in [0, 0.05) is 38.0 Å². The van der Waals surface area contributed by atoms with Crippen LogP contribution in [0.2, 0.25) is 0 Å². The van der Waals surface area contributed by atoms with Crippen molar-refractivity contribution in [1.29, 1.82) is 0 Å². The zero-order valence-electron chi connectivity index (χ0n) is 19.9. The van der Waals surface area contributed by atoms with Crippen molar-refractivity contribution in [2.75, 3.05) is 19.6 Å². The Morgan fingerprint density at radius 3 is 2.31 bits per heavy atom. The lowest BCUT2D eigenvalue weighted by atomic mass is 9.88. The molecule has 3 atom stereocenters. The Balaban J connectivity index is 1.19. The third-order valence-corrected chi connectivity index (χ3v) is 8.01. The van der Waals surface area contributed by atoms with Gasteiger partial charge in [0.05, 0.1) is 6.04 Å². The Labute approximate surface area is 206 Å². The molecule has 0 aromatic heterocycles. The monoisotopic (exact) mass is 470 g/mol. The zero-order valence-corrected chi connectivity index (χ0v) is 19.9. The smallest absolute Gasteiger partial charge is 0.410 e. The van der Waals surface area contributed by atoms with E-state index in [9.17, 15) is 9.18 Å². The highest BCUT2D eigenvalue weighted by Gasteiger charge is 2.45. The number of piperidine rings is 1. The van der Waals surface area contributed by atoms with Gasteiger partial charge in [-0.1, -0.05) is 66.7 Å². The van der Waals surface area contributed by atoms with Crippen molar-refractivity contribution in [2.45, 2.75) is 38.0 Å². The number of rotatable bonds is 4. The van der Waals surface area contributed by atoms with E-state index in [1.165, 1.54) is 23.3 Å². The van der Waals surface area contributed by atoms with Gasteiger partial charge in [0.1, 0.15) is 11.9 Å². The molecule has 2 unspecified atom stereocenters. The highest BCUT2D eigenvalue weighted by molar-refractivity contribution is 5.70. The van der Waals surface area contributed by atoms with Crippen LogP contribution in [0.3, 0.4) is 0 Å². The molecule has 1 saturated heterocycles. The average Bonchev–Trinajstić information content (AvgIpc) is 3.11. The van der Waals surface area contributed by atoms with Crippen LogP contribution in [0, 0.1) is 17.7 Å². The van der Waals surface area contributed by atoms with E-state index in [-0.39, 0.29) is 24.1 Å². The van der Waals surface area contributed by atoms with Crippen LogP contribution in [0.25, 0.3) is 0 Å². The fraction of sp³-hybridized carbons (Fsp3) is 0.367. The summed E-state index contributed by atoms with van der Waals surface area (Å²) in [6.07, 6.45) is 2.74. The van der Waals surface area contributed by atoms with Gasteiger partial charge in [-0.25, -0.2) is 9.18 Å². The van der Waals surface area contributed by atoms with Gasteiger partial charge < -0.3 is 4.74 Å². The molecule has 2 aliphatic heterocycles. The first-order chi connectivity index (χ1) is 17.2. The van der Waals surface area contributed by atoms with Gasteiger partial charge in [-0.15, -0.1) is 0 Å². The molecule has 2 fully saturated rings. The second kappa shape index (κ2) is 9.46. The van der Waals surface area contributed by atoms with Crippen molar-refractivity contribution in [1.82, 2.24) is 9.80 Å². The summed E-state index contributed by atoms with van der Waals surface area (Å²) in [6.45, 7) is 3.48. The van der Waals surface area contributed by atoms with Crippen LogP contribution in [0.1, 0.15) is 41.1 Å². The van der Waals surface area contributed by atoms with E-state index in [4.69, 9.17) is 4.74 Å². The standard InChI is InChI=1S/C30H31FN2O2/c31-26-14-12-23(13-15-26)28-27-9-5-4-8-22(27)16-17-33(28)30(34)35-29-24-10-11-25(29)20-32(19-24)18-21-6-2-1-3-7-21/h1-9,12-15,24-25,28-29H,10-11,16-20H2/t24?,25?,28-,29?/m0/s1. The Bertz CT molecular complexity index is 1170. The van der Waals surface area contributed by atoms with Crippen molar-refractivity contribution in [3.8, 4) is 0 Å². The highest BCUT2D eigenvalue weighted by Crippen LogP contribution is 2.41. The summed E-state index contributed by atoms with van der Waals surface area (Å²) in [4.78, 5) is 18.0. The van der Waals surface area contributed by atoms with Gasteiger partial charge in [0.15, 0.2) is 0 Å². The van der Waals surface area contributed by atoms with Gasteiger partial charge in [0.25, 0.3) is 0 Å². The van der Waals surface area contributed by atoms with Crippen molar-refractivity contribution in [2.24, 2.45) is 11.8 Å². The molecule has 4 nitrogen and oxygen atoms in total. The highest BCUT2D eigenvalue weighted by atomic mass is 19.1. The van der Waals surface area contributed by atoms with Gasteiger partial charge >= 0.3 is 6.09 Å². The molecule has 1 aliphatic carbocycles. The molecular weight excluding hydrogens is 439 g/mol. The Hall–Kier alpha value is -3.18. The van der Waals surface area contributed by atoms with Gasteiger partial charge in [-0.2, -0.15) is 0 Å². The van der Waals surface area contributed by atoms with E-state index in [1.807, 2.05) is 17.0 Å². The molecule has 3 aromatic carbocycles. The molecular formula is C30H31FN2O2. The summed E-state index contributed by atoms with van der Waals surface area (Å²) in [5, 5.41) is 0. The molecule has 35 heavy (non-hydrogen) atoms. The molecule has 2 bridgehead atoms. The van der Waals surface area contributed by atoms with Crippen LogP contribution in [-0.4, -0.2) is 41.6 Å². The lowest BCUT2D eigenvalue weighted by Crippen LogP contribution is -2.49. The maximum atomic E-state index is 13.7. The fourth-order valence-corrected chi connectivity index (χ4v) is 6.38. The van der Waals surface area contributed by atoms with Crippen LogP contribution in [-0.2, 0) is 17.7 Å². The minimum atomic E-state index is -0.272. The number of carbonyl (C=O) groups excluding carboxylic acids is 1. The van der Waals surface area contributed by atoms with E-state index >= 15 is 0 Å². The number of fused-ring (bicyclic) bond motifs is 3. The van der Waals surface area contributed by atoms with Gasteiger partial charge in [0.2, 0.25) is 0 Å². The SMILES string of the molecule is O=C(OC1C2CCC1CN(Cc1ccccc1)C2)N1CCc2ccccc2[C@@H]1c1ccc(F)cc1. The summed E-state index contributed by atoms with van der Waals surface area (Å²) < 4.78 is 20.0. The summed E-state index contributed by atoms with van der Waals surface area (Å²) in [6, 6.07) is 25.1. The lowest BCUT2D eigenvalue weighted by Gasteiger charge is -2.41. The fourth-order valence-electron chi connectivity index (χ4n) is 6.38. The number of likely N-dealkylation sites (tertiary alicyclic amines) is 1. The summed E-state index contributed by atoms with van der Waals surface area (Å²) >= 11 is 0. The topological polar surface area (TPSA) is 32.8 Å². The number of carbonyl (C=O) groups is 1. The van der Waals surface area contributed by atoms with Crippen LogP contribution < -0.4 is 0 Å². The Morgan fingerprint density at radius 1 is 0.886 bits per heavy atom. The second-order valence-electron chi connectivity index (χ2n) is 10.2. The van der Waals surface area contributed by atoms with Gasteiger partial charge in [-0.3, -0.25) is 9.80 Å². The van der Waals surface area contributed by atoms with Crippen molar-refractivity contribution in [3.63, 3.8) is 0 Å². The van der Waals surface area contributed by atoms with E-state index in [1.54, 1.807) is 12.1 Å². The first-order valence-electron chi connectivity index (χ1n) is 12.7. The molecule has 2 heterocycles. The molecule has 1 amide bonds. The molecule has 6 rings (SSSR count). The third-order valence-electron chi connectivity index (χ3n) is 8.01. The number of amides is 1. The van der Waals surface area contributed by atoms with Crippen molar-refractivity contribution < 1.29 is 13.9 Å². The largest absolute Gasteiger partial charge is 0.445 e. The second-order valence-corrected chi connectivity index (χ2v) is 10.2. The predicted octanol–water partition coefficient (Wildman–Crippen LogP) is 5.82. The number of hydrogen-bond acceptors (Lipinski definition) is 3. The molecule has 3 aromatic rings. The van der Waals surface area contributed by atoms with E-state index < -0.39 is 0 Å². The minimum Gasteiger partial charge on any atom is -0.445 e. The Morgan fingerprint density at radius 2 is 1.57 bits per heavy atom. The normalized spacial score (nSPS) is 25.8. The van der Waals surface area contributed by atoms with E-state index in [0.717, 1.165) is 50.0 Å². The first kappa shape index (κ1) is 22.3. The zero-order chi connectivity index (χ0) is 23.8. The number of nitrogens with zero attached hydrogens (tertiary/aromatic N) is 2. The number of hydrogen-bond donors (Lipinski definition) is 0. The van der Waals surface area contributed by atoms with Crippen LogP contribution in [0.4, 0.5) is 9.18 Å². The molecule has 0 spiro atoms. The summed E-state index contributed by atoms with van der Waals surface area (Å²) in [5.41, 5.74) is 4.58. The number of halogens is 1. The first-order valence-corrected chi connectivity index (χ1v) is 12.7. The Kier molecular flexibility index (Phi) is 6.03. The molecule has 180 valence electrons. The summed E-state index contributed by atoms with van der Waals surface area (Å²) in [5.74, 6) is 0.483. The number of ether oxygens (including phenoxy) is 1. The summed E-state index contributed by atoms with van der Waals surface area (Å²) in [7, 11) is 0. The lowest BCUT2D eigenvalue weighted by molar-refractivity contribution is -0.0209. The van der Waals surface area contributed by atoms with Crippen molar-refractivity contribution in [3.05, 3.63) is 107 Å². The van der Waals surface area contributed by atoms with E-state index in [0.29, 0.717) is 18.4 Å². The van der Waals surface area contributed by atoms with Crippen LogP contribution in [0.5, 0.6) is 0 Å². The van der Waals surface area contributed by atoms with Crippen molar-refractivity contribution >= 4 is 6.09 Å². The van der Waals surface area contributed by atoms with Gasteiger partial charge in [-0.05, 0) is 53.6 Å². The predicted molar refractivity (Wildman–Crippen MR) is 133 cm³/mol. The third kappa shape index (κ3) is 4.45. The van der Waals surface area contributed by atoms with E-state index in [2.05, 4.69) is 47.4 Å². The maximum Gasteiger partial charge on any atom is 0.410 e. The molecule has 0 N–H and O–H groups in total. The average molecular weight is 471 g/mol. The molecule has 3 aliphatic rings. The maximum absolute atomic E-state index is 13.7. The molecule has 5 heteroatoms. The molecule has 1 saturated carbocycles. The minimum absolute atomic E-state index is 0.0273. The quantitative estimate of drug-likeness (QED) is 0.482.